The quantitative estimate of drug-likeness (QED) is 0.802. The molecule has 4 fully saturated rings. The van der Waals surface area contributed by atoms with Crippen LogP contribution in [-0.2, 0) is 5.60 Å². The van der Waals surface area contributed by atoms with E-state index in [0.717, 1.165) is 23.3 Å². The number of hydrogen-bond acceptors (Lipinski definition) is 1. The Morgan fingerprint density at radius 2 is 1.32 bits per heavy atom. The van der Waals surface area contributed by atoms with E-state index in [1.807, 2.05) is 0 Å². The third-order valence-electron chi connectivity index (χ3n) is 7.08. The standard InChI is InChI=1S/C21H30O/c1-19(2,3)21(22,18-7-5-4-6-8-18)20-12-15-9-16(13-20)11-17(10-15)14-20/h4-8,15-17,22H,9-14H2,1-3H3. The Kier molecular flexibility index (Phi) is 3.08. The highest BCUT2D eigenvalue weighted by Gasteiger charge is 2.63. The van der Waals surface area contributed by atoms with E-state index in [9.17, 15) is 5.11 Å². The summed E-state index contributed by atoms with van der Waals surface area (Å²) in [5, 5.41) is 12.2. The molecule has 0 radical (unpaired) electrons. The highest BCUT2D eigenvalue weighted by molar-refractivity contribution is 5.30. The minimum Gasteiger partial charge on any atom is -0.384 e. The maximum absolute atomic E-state index is 12.2. The van der Waals surface area contributed by atoms with Crippen molar-refractivity contribution < 1.29 is 5.11 Å². The van der Waals surface area contributed by atoms with Gasteiger partial charge in [-0.1, -0.05) is 51.1 Å². The summed E-state index contributed by atoms with van der Waals surface area (Å²) in [7, 11) is 0. The lowest BCUT2D eigenvalue weighted by atomic mass is 9.41. The van der Waals surface area contributed by atoms with Gasteiger partial charge in [-0.25, -0.2) is 0 Å². The Morgan fingerprint density at radius 1 is 0.864 bits per heavy atom. The first-order chi connectivity index (χ1) is 10.3. The normalized spacial score (nSPS) is 39.7. The van der Waals surface area contributed by atoms with Gasteiger partial charge in [0.15, 0.2) is 0 Å². The van der Waals surface area contributed by atoms with E-state index >= 15 is 0 Å². The molecule has 22 heavy (non-hydrogen) atoms. The van der Waals surface area contributed by atoms with Gasteiger partial charge in [-0.3, -0.25) is 0 Å². The lowest BCUT2D eigenvalue weighted by Gasteiger charge is -2.65. The van der Waals surface area contributed by atoms with E-state index in [2.05, 4.69) is 51.1 Å². The molecule has 4 aliphatic carbocycles. The van der Waals surface area contributed by atoms with Crippen molar-refractivity contribution in [2.75, 3.05) is 0 Å². The molecule has 120 valence electrons. The second-order valence-corrected chi connectivity index (χ2v) is 9.52. The van der Waals surface area contributed by atoms with Gasteiger partial charge in [0.25, 0.3) is 0 Å². The van der Waals surface area contributed by atoms with Crippen molar-refractivity contribution in [1.29, 1.82) is 0 Å². The van der Waals surface area contributed by atoms with Crippen LogP contribution in [0.4, 0.5) is 0 Å². The number of rotatable bonds is 2. The Labute approximate surface area is 135 Å². The first-order valence-corrected chi connectivity index (χ1v) is 9.12. The van der Waals surface area contributed by atoms with E-state index in [1.54, 1.807) is 0 Å². The smallest absolute Gasteiger partial charge is 0.100 e. The Morgan fingerprint density at radius 3 is 1.73 bits per heavy atom. The first-order valence-electron chi connectivity index (χ1n) is 9.12. The van der Waals surface area contributed by atoms with Crippen molar-refractivity contribution in [2.24, 2.45) is 28.6 Å². The summed E-state index contributed by atoms with van der Waals surface area (Å²) < 4.78 is 0. The second kappa shape index (κ2) is 4.60. The van der Waals surface area contributed by atoms with E-state index in [4.69, 9.17) is 0 Å². The van der Waals surface area contributed by atoms with Gasteiger partial charge in [0.1, 0.15) is 5.60 Å². The number of benzene rings is 1. The topological polar surface area (TPSA) is 20.2 Å². The van der Waals surface area contributed by atoms with E-state index in [0.29, 0.717) is 0 Å². The molecule has 4 bridgehead atoms. The Bertz CT molecular complexity index is 518. The lowest BCUT2D eigenvalue weighted by Crippen LogP contribution is -2.61. The van der Waals surface area contributed by atoms with Crippen molar-refractivity contribution >= 4 is 0 Å². The molecule has 1 unspecified atom stereocenters. The van der Waals surface area contributed by atoms with Crippen LogP contribution in [0, 0.1) is 28.6 Å². The molecule has 0 heterocycles. The molecular formula is C21H30O. The number of aliphatic hydroxyl groups is 1. The molecule has 1 aromatic rings. The molecule has 0 aliphatic heterocycles. The monoisotopic (exact) mass is 298 g/mol. The van der Waals surface area contributed by atoms with Gasteiger partial charge < -0.3 is 5.11 Å². The summed E-state index contributed by atoms with van der Waals surface area (Å²) in [6.07, 6.45) is 7.99. The van der Waals surface area contributed by atoms with Gasteiger partial charge >= 0.3 is 0 Å². The van der Waals surface area contributed by atoms with Crippen LogP contribution in [0.5, 0.6) is 0 Å². The molecule has 1 N–H and O–H groups in total. The van der Waals surface area contributed by atoms with Gasteiger partial charge in [0.05, 0.1) is 0 Å². The van der Waals surface area contributed by atoms with Crippen molar-refractivity contribution in [3.8, 4) is 0 Å². The fourth-order valence-electron chi connectivity index (χ4n) is 6.77. The summed E-state index contributed by atoms with van der Waals surface area (Å²) in [5.41, 5.74) is 0.392. The second-order valence-electron chi connectivity index (χ2n) is 9.52. The van der Waals surface area contributed by atoms with Crippen molar-refractivity contribution in [1.82, 2.24) is 0 Å². The minimum atomic E-state index is -0.711. The van der Waals surface area contributed by atoms with Crippen molar-refractivity contribution in [2.45, 2.75) is 64.9 Å². The van der Waals surface area contributed by atoms with Crippen LogP contribution in [0.1, 0.15) is 64.9 Å². The molecule has 0 saturated heterocycles. The molecule has 1 heteroatoms. The van der Waals surface area contributed by atoms with Gasteiger partial charge in [-0.05, 0) is 67.3 Å². The molecule has 1 nitrogen and oxygen atoms in total. The zero-order chi connectivity index (χ0) is 15.6. The molecule has 0 aromatic heterocycles. The van der Waals surface area contributed by atoms with Crippen LogP contribution in [0.15, 0.2) is 30.3 Å². The van der Waals surface area contributed by atoms with E-state index < -0.39 is 5.60 Å². The predicted octanol–water partition coefficient (Wildman–Crippen LogP) is 5.14. The van der Waals surface area contributed by atoms with Gasteiger partial charge in [-0.2, -0.15) is 0 Å². The summed E-state index contributed by atoms with van der Waals surface area (Å²) in [6.45, 7) is 6.70. The summed E-state index contributed by atoms with van der Waals surface area (Å²) in [4.78, 5) is 0. The molecular weight excluding hydrogens is 268 g/mol. The molecule has 0 spiro atoms. The summed E-state index contributed by atoms with van der Waals surface area (Å²) in [6, 6.07) is 10.6. The molecule has 1 atom stereocenters. The van der Waals surface area contributed by atoms with Crippen LogP contribution in [-0.4, -0.2) is 5.11 Å². The molecule has 5 rings (SSSR count). The fourth-order valence-corrected chi connectivity index (χ4v) is 6.77. The molecule has 0 amide bonds. The largest absolute Gasteiger partial charge is 0.384 e. The predicted molar refractivity (Wildman–Crippen MR) is 90.4 cm³/mol. The molecule has 4 saturated carbocycles. The third kappa shape index (κ3) is 1.87. The molecule has 1 aromatic carbocycles. The van der Waals surface area contributed by atoms with E-state index in [-0.39, 0.29) is 10.8 Å². The summed E-state index contributed by atoms with van der Waals surface area (Å²) in [5.74, 6) is 2.59. The minimum absolute atomic E-state index is 0.0986. The third-order valence-corrected chi connectivity index (χ3v) is 7.08. The zero-order valence-electron chi connectivity index (χ0n) is 14.3. The van der Waals surface area contributed by atoms with Gasteiger partial charge in [0, 0.05) is 5.41 Å². The maximum Gasteiger partial charge on any atom is 0.100 e. The van der Waals surface area contributed by atoms with Crippen LogP contribution in [0.2, 0.25) is 0 Å². The average molecular weight is 298 g/mol. The van der Waals surface area contributed by atoms with Crippen LogP contribution in [0.25, 0.3) is 0 Å². The summed E-state index contributed by atoms with van der Waals surface area (Å²) >= 11 is 0. The van der Waals surface area contributed by atoms with Gasteiger partial charge in [0.2, 0.25) is 0 Å². The maximum atomic E-state index is 12.2. The van der Waals surface area contributed by atoms with Crippen LogP contribution < -0.4 is 0 Å². The Hall–Kier alpha value is -0.820. The van der Waals surface area contributed by atoms with Crippen LogP contribution in [0.3, 0.4) is 0 Å². The van der Waals surface area contributed by atoms with E-state index in [1.165, 1.54) is 38.5 Å². The fraction of sp³-hybridized carbons (Fsp3) is 0.714. The number of hydrogen-bond donors (Lipinski definition) is 1. The Balaban J connectivity index is 1.85. The van der Waals surface area contributed by atoms with Crippen molar-refractivity contribution in [3.63, 3.8) is 0 Å². The SMILES string of the molecule is CC(C)(C)C(O)(c1ccccc1)C12CC3CC(CC(C3)C1)C2. The van der Waals surface area contributed by atoms with Gasteiger partial charge in [-0.15, -0.1) is 0 Å². The zero-order valence-corrected chi connectivity index (χ0v) is 14.3. The highest BCUT2D eigenvalue weighted by Crippen LogP contribution is 2.68. The molecule has 4 aliphatic rings. The first kappa shape index (κ1) is 14.8. The highest BCUT2D eigenvalue weighted by atomic mass is 16.3. The van der Waals surface area contributed by atoms with Crippen molar-refractivity contribution in [3.05, 3.63) is 35.9 Å². The van der Waals surface area contributed by atoms with Crippen LogP contribution >= 0.6 is 0 Å². The lowest BCUT2D eigenvalue weighted by molar-refractivity contribution is -0.229. The average Bonchev–Trinajstić information content (AvgIpc) is 2.44.